The zero-order valence-electron chi connectivity index (χ0n) is 8.58. The molecular formula is C12H12O3S. The van der Waals surface area contributed by atoms with E-state index >= 15 is 0 Å². The third kappa shape index (κ3) is 4.70. The second kappa shape index (κ2) is 6.74. The summed E-state index contributed by atoms with van der Waals surface area (Å²) >= 11 is 0. The molecule has 0 bridgehead atoms. The Morgan fingerprint density at radius 3 is 2.56 bits per heavy atom. The van der Waals surface area contributed by atoms with Crippen molar-refractivity contribution >= 4 is 16.8 Å². The van der Waals surface area contributed by atoms with Crippen molar-refractivity contribution in [3.63, 3.8) is 0 Å². The molecule has 1 atom stereocenters. The van der Waals surface area contributed by atoms with Gasteiger partial charge in [0.2, 0.25) is 0 Å². The van der Waals surface area contributed by atoms with Crippen LogP contribution in [0.3, 0.4) is 0 Å². The summed E-state index contributed by atoms with van der Waals surface area (Å²) in [4.78, 5) is 10.9. The summed E-state index contributed by atoms with van der Waals surface area (Å²) in [6, 6.07) is 9.08. The normalized spacial score (nSPS) is 13.2. The standard InChI is InChI=1S/C12H12O3S/c13-12(14)9-5-2-6-10-16(15)11-7-3-1-4-8-11/h1,3-10H,2H2,(H,13,14). The largest absolute Gasteiger partial charge is 0.478 e. The summed E-state index contributed by atoms with van der Waals surface area (Å²) in [5, 5.41) is 9.89. The molecule has 0 heterocycles. The highest BCUT2D eigenvalue weighted by atomic mass is 32.2. The van der Waals surface area contributed by atoms with Gasteiger partial charge in [0.25, 0.3) is 0 Å². The number of allylic oxidation sites excluding steroid dienone is 2. The molecule has 0 amide bonds. The average Bonchev–Trinajstić information content (AvgIpc) is 2.29. The molecule has 1 aromatic rings. The summed E-state index contributed by atoms with van der Waals surface area (Å²) in [5.41, 5.74) is 0. The quantitative estimate of drug-likeness (QED) is 0.798. The maximum Gasteiger partial charge on any atom is 0.327 e. The Labute approximate surface area is 96.6 Å². The zero-order chi connectivity index (χ0) is 11.8. The van der Waals surface area contributed by atoms with Gasteiger partial charge in [-0.25, -0.2) is 9.00 Å². The third-order valence-electron chi connectivity index (χ3n) is 1.73. The van der Waals surface area contributed by atoms with Gasteiger partial charge >= 0.3 is 5.97 Å². The maximum absolute atomic E-state index is 11.6. The van der Waals surface area contributed by atoms with E-state index < -0.39 is 16.8 Å². The fourth-order valence-electron chi connectivity index (χ4n) is 1.02. The first kappa shape index (κ1) is 12.4. The van der Waals surface area contributed by atoms with Gasteiger partial charge in [0.05, 0.1) is 10.8 Å². The van der Waals surface area contributed by atoms with E-state index in [4.69, 9.17) is 5.11 Å². The molecular weight excluding hydrogens is 224 g/mol. The minimum Gasteiger partial charge on any atom is -0.478 e. The number of hydrogen-bond acceptors (Lipinski definition) is 2. The van der Waals surface area contributed by atoms with Crippen LogP contribution < -0.4 is 0 Å². The molecule has 1 unspecified atom stereocenters. The lowest BCUT2D eigenvalue weighted by Crippen LogP contribution is -1.86. The van der Waals surface area contributed by atoms with E-state index in [1.165, 1.54) is 6.08 Å². The molecule has 0 aliphatic rings. The second-order valence-electron chi connectivity index (χ2n) is 2.96. The predicted molar refractivity (Wildman–Crippen MR) is 63.4 cm³/mol. The fraction of sp³-hybridized carbons (Fsp3) is 0.0833. The van der Waals surface area contributed by atoms with Gasteiger partial charge in [-0.3, -0.25) is 0 Å². The van der Waals surface area contributed by atoms with Crippen LogP contribution in [-0.2, 0) is 15.6 Å². The number of carboxylic acid groups (broad SMARTS) is 1. The van der Waals surface area contributed by atoms with Gasteiger partial charge in [0.15, 0.2) is 0 Å². The van der Waals surface area contributed by atoms with Gasteiger partial charge in [0.1, 0.15) is 0 Å². The van der Waals surface area contributed by atoms with Crippen LogP contribution in [0.15, 0.2) is 58.9 Å². The number of hydrogen-bond donors (Lipinski definition) is 1. The van der Waals surface area contributed by atoms with E-state index in [-0.39, 0.29) is 0 Å². The smallest absolute Gasteiger partial charge is 0.327 e. The monoisotopic (exact) mass is 236 g/mol. The van der Waals surface area contributed by atoms with Gasteiger partial charge in [-0.1, -0.05) is 30.4 Å². The first-order valence-electron chi connectivity index (χ1n) is 4.72. The number of aliphatic carboxylic acids is 1. The SMILES string of the molecule is O=C(O)C=CCC=CS(=O)c1ccccc1. The highest BCUT2D eigenvalue weighted by Crippen LogP contribution is 2.06. The molecule has 1 N–H and O–H groups in total. The van der Waals surface area contributed by atoms with Crippen LogP contribution in [0.25, 0.3) is 0 Å². The first-order valence-corrected chi connectivity index (χ1v) is 5.93. The van der Waals surface area contributed by atoms with Crippen LogP contribution in [0.1, 0.15) is 6.42 Å². The molecule has 0 aromatic heterocycles. The Morgan fingerprint density at radius 2 is 1.94 bits per heavy atom. The molecule has 1 aromatic carbocycles. The topological polar surface area (TPSA) is 54.4 Å². The van der Waals surface area contributed by atoms with Crippen molar-refractivity contribution in [3.05, 3.63) is 54.0 Å². The zero-order valence-corrected chi connectivity index (χ0v) is 9.39. The van der Waals surface area contributed by atoms with Gasteiger partial charge in [0, 0.05) is 16.4 Å². The van der Waals surface area contributed by atoms with Gasteiger partial charge in [-0.2, -0.15) is 0 Å². The molecule has 3 nitrogen and oxygen atoms in total. The lowest BCUT2D eigenvalue weighted by Gasteiger charge is -1.94. The highest BCUT2D eigenvalue weighted by Gasteiger charge is 1.95. The summed E-state index contributed by atoms with van der Waals surface area (Å²) in [7, 11) is -1.16. The van der Waals surface area contributed by atoms with Crippen LogP contribution in [0.4, 0.5) is 0 Å². The second-order valence-corrected chi connectivity index (χ2v) is 4.30. The molecule has 0 radical (unpaired) electrons. The van der Waals surface area contributed by atoms with Crippen molar-refractivity contribution in [1.29, 1.82) is 0 Å². The Bertz CT molecular complexity index is 421. The summed E-state index contributed by atoms with van der Waals surface area (Å²) < 4.78 is 11.6. The predicted octanol–water partition coefficient (Wildman–Crippen LogP) is 2.34. The molecule has 4 heteroatoms. The Morgan fingerprint density at radius 1 is 1.25 bits per heavy atom. The Hall–Kier alpha value is -1.68. The summed E-state index contributed by atoms with van der Waals surface area (Å²) in [5.74, 6) is -0.974. The Kier molecular flexibility index (Phi) is 5.22. The van der Waals surface area contributed by atoms with Crippen molar-refractivity contribution < 1.29 is 14.1 Å². The number of carbonyl (C=O) groups is 1. The number of carboxylic acids is 1. The maximum atomic E-state index is 11.6. The van der Waals surface area contributed by atoms with Crippen LogP contribution in [0.5, 0.6) is 0 Å². The van der Waals surface area contributed by atoms with E-state index in [0.29, 0.717) is 6.42 Å². The van der Waals surface area contributed by atoms with Crippen molar-refractivity contribution in [3.8, 4) is 0 Å². The number of benzene rings is 1. The average molecular weight is 236 g/mol. The fourth-order valence-corrected chi connectivity index (χ4v) is 1.89. The molecule has 0 aliphatic heterocycles. The van der Waals surface area contributed by atoms with Crippen LogP contribution >= 0.6 is 0 Å². The minimum absolute atomic E-state index is 0.463. The molecule has 0 spiro atoms. The van der Waals surface area contributed by atoms with Crippen molar-refractivity contribution in [2.24, 2.45) is 0 Å². The van der Waals surface area contributed by atoms with Crippen LogP contribution in [-0.4, -0.2) is 15.3 Å². The van der Waals surface area contributed by atoms with Crippen LogP contribution in [0.2, 0.25) is 0 Å². The van der Waals surface area contributed by atoms with E-state index in [0.717, 1.165) is 11.0 Å². The summed E-state index contributed by atoms with van der Waals surface area (Å²) in [6.07, 6.45) is 4.71. The molecule has 0 fully saturated rings. The minimum atomic E-state index is -1.16. The molecule has 16 heavy (non-hydrogen) atoms. The molecule has 0 aliphatic carbocycles. The summed E-state index contributed by atoms with van der Waals surface area (Å²) in [6.45, 7) is 0. The van der Waals surface area contributed by atoms with Crippen molar-refractivity contribution in [2.45, 2.75) is 11.3 Å². The van der Waals surface area contributed by atoms with E-state index in [1.54, 1.807) is 23.6 Å². The molecule has 1 rings (SSSR count). The van der Waals surface area contributed by atoms with E-state index in [9.17, 15) is 9.00 Å². The molecule has 84 valence electrons. The van der Waals surface area contributed by atoms with Gasteiger partial charge in [-0.05, 0) is 18.6 Å². The van der Waals surface area contributed by atoms with Crippen LogP contribution in [0, 0.1) is 0 Å². The van der Waals surface area contributed by atoms with Gasteiger partial charge in [-0.15, -0.1) is 0 Å². The van der Waals surface area contributed by atoms with E-state index in [2.05, 4.69) is 0 Å². The molecule has 0 saturated carbocycles. The Balaban J connectivity index is 2.46. The van der Waals surface area contributed by atoms with Gasteiger partial charge < -0.3 is 5.11 Å². The number of rotatable bonds is 5. The first-order chi connectivity index (χ1) is 7.70. The van der Waals surface area contributed by atoms with E-state index in [1.807, 2.05) is 18.2 Å². The lowest BCUT2D eigenvalue weighted by atomic mass is 10.4. The highest BCUT2D eigenvalue weighted by molar-refractivity contribution is 7.88. The third-order valence-corrected chi connectivity index (χ3v) is 2.90. The molecule has 0 saturated heterocycles. The van der Waals surface area contributed by atoms with Crippen molar-refractivity contribution in [1.82, 2.24) is 0 Å². The lowest BCUT2D eigenvalue weighted by molar-refractivity contribution is -0.131. The van der Waals surface area contributed by atoms with Crippen molar-refractivity contribution in [2.75, 3.05) is 0 Å².